The fraction of sp³-hybridized carbons (Fsp3) is 0.250. The normalized spacial score (nSPS) is 10.2. The second kappa shape index (κ2) is 7.70. The third-order valence-corrected chi connectivity index (χ3v) is 3.75. The number of hydrogen-bond donors (Lipinski definition) is 0. The highest BCUT2D eigenvalue weighted by Gasteiger charge is 2.13. The van der Waals surface area contributed by atoms with Gasteiger partial charge in [-0.05, 0) is 31.0 Å². The zero-order valence-electron chi connectivity index (χ0n) is 11.4. The van der Waals surface area contributed by atoms with Crippen LogP contribution in [0.1, 0.15) is 22.8 Å². The summed E-state index contributed by atoms with van der Waals surface area (Å²) in [6.07, 6.45) is 2.65. The molecule has 2 aromatic rings. The van der Waals surface area contributed by atoms with E-state index in [1.807, 2.05) is 18.2 Å². The third-order valence-electron chi connectivity index (χ3n) is 2.74. The molecule has 4 heteroatoms. The Morgan fingerprint density at radius 2 is 2.00 bits per heavy atom. The second-order valence-corrected chi connectivity index (χ2v) is 5.24. The molecule has 3 nitrogen and oxygen atoms in total. The average molecular weight is 287 g/mol. The maximum absolute atomic E-state index is 11.8. The lowest BCUT2D eigenvalue weighted by Crippen LogP contribution is -2.07. The van der Waals surface area contributed by atoms with Gasteiger partial charge in [-0.25, -0.2) is 9.78 Å². The Morgan fingerprint density at radius 3 is 2.75 bits per heavy atom. The molecule has 0 fully saturated rings. The van der Waals surface area contributed by atoms with E-state index in [0.29, 0.717) is 12.2 Å². The highest BCUT2D eigenvalue weighted by Crippen LogP contribution is 2.21. The number of ether oxygens (including phenoxy) is 1. The summed E-state index contributed by atoms with van der Waals surface area (Å²) < 4.78 is 5.04. The summed E-state index contributed by atoms with van der Waals surface area (Å²) in [5, 5.41) is 0.738. The van der Waals surface area contributed by atoms with Crippen LogP contribution in [0.3, 0.4) is 0 Å². The number of carbonyl (C=O) groups is 1. The highest BCUT2D eigenvalue weighted by atomic mass is 32.2. The van der Waals surface area contributed by atoms with Crippen LogP contribution in [0.25, 0.3) is 0 Å². The number of thioether (sulfide) groups is 1. The molecule has 1 aromatic heterocycles. The van der Waals surface area contributed by atoms with Gasteiger partial charge in [-0.1, -0.05) is 30.3 Å². The minimum atomic E-state index is -0.303. The standard InChI is InChI=1S/C16H17NO2S/c1-2-19-16(18)14-9-6-11-17-15(14)20-12-10-13-7-4-3-5-8-13/h3-9,11H,2,10,12H2,1H3. The number of hydrogen-bond acceptors (Lipinski definition) is 4. The lowest BCUT2D eigenvalue weighted by atomic mass is 10.2. The van der Waals surface area contributed by atoms with Gasteiger partial charge in [-0.3, -0.25) is 0 Å². The van der Waals surface area contributed by atoms with Gasteiger partial charge < -0.3 is 4.74 Å². The summed E-state index contributed by atoms with van der Waals surface area (Å²) in [6, 6.07) is 13.8. The molecule has 0 saturated carbocycles. The van der Waals surface area contributed by atoms with Gasteiger partial charge in [0.15, 0.2) is 0 Å². The molecule has 0 bridgehead atoms. The molecule has 0 radical (unpaired) electrons. The van der Waals surface area contributed by atoms with Gasteiger partial charge in [-0.15, -0.1) is 11.8 Å². The monoisotopic (exact) mass is 287 g/mol. The van der Waals surface area contributed by atoms with Gasteiger partial charge in [-0.2, -0.15) is 0 Å². The molecule has 20 heavy (non-hydrogen) atoms. The molecule has 1 aromatic carbocycles. The molecule has 0 atom stereocenters. The molecule has 0 spiro atoms. The molecule has 104 valence electrons. The summed E-state index contributed by atoms with van der Waals surface area (Å²) >= 11 is 1.58. The third kappa shape index (κ3) is 4.10. The Labute approximate surface area is 123 Å². The Morgan fingerprint density at radius 1 is 1.20 bits per heavy atom. The summed E-state index contributed by atoms with van der Waals surface area (Å²) in [6.45, 7) is 2.18. The maximum atomic E-state index is 11.8. The molecule has 2 rings (SSSR count). The van der Waals surface area contributed by atoms with Crippen molar-refractivity contribution in [2.75, 3.05) is 12.4 Å². The second-order valence-electron chi connectivity index (χ2n) is 4.16. The fourth-order valence-corrected chi connectivity index (χ4v) is 2.75. The van der Waals surface area contributed by atoms with E-state index >= 15 is 0 Å². The van der Waals surface area contributed by atoms with Crippen molar-refractivity contribution in [2.45, 2.75) is 18.4 Å². The van der Waals surface area contributed by atoms with Crippen LogP contribution in [0.4, 0.5) is 0 Å². The predicted molar refractivity (Wildman–Crippen MR) is 81.1 cm³/mol. The van der Waals surface area contributed by atoms with Gasteiger partial charge in [0.05, 0.1) is 12.2 Å². The van der Waals surface area contributed by atoms with Gasteiger partial charge in [0.2, 0.25) is 0 Å². The number of rotatable bonds is 6. The van der Waals surface area contributed by atoms with Crippen molar-refractivity contribution in [3.8, 4) is 0 Å². The first-order valence-corrected chi connectivity index (χ1v) is 7.58. The maximum Gasteiger partial charge on any atom is 0.340 e. The predicted octanol–water partition coefficient (Wildman–Crippen LogP) is 3.59. The Kier molecular flexibility index (Phi) is 5.62. The molecule has 0 amide bonds. The van der Waals surface area contributed by atoms with Gasteiger partial charge in [0.25, 0.3) is 0 Å². The molecule has 1 heterocycles. The topological polar surface area (TPSA) is 39.2 Å². The first kappa shape index (κ1) is 14.6. The van der Waals surface area contributed by atoms with Crippen LogP contribution in [-0.2, 0) is 11.2 Å². The number of carbonyl (C=O) groups excluding carboxylic acids is 1. The van der Waals surface area contributed by atoms with E-state index in [9.17, 15) is 4.79 Å². The number of aromatic nitrogens is 1. The molecular weight excluding hydrogens is 270 g/mol. The zero-order valence-corrected chi connectivity index (χ0v) is 12.2. The van der Waals surface area contributed by atoms with Crippen LogP contribution in [0.15, 0.2) is 53.7 Å². The van der Waals surface area contributed by atoms with E-state index in [2.05, 4.69) is 17.1 Å². The number of benzene rings is 1. The SMILES string of the molecule is CCOC(=O)c1cccnc1SCCc1ccccc1. The van der Waals surface area contributed by atoms with Gasteiger partial charge in [0.1, 0.15) is 5.03 Å². The van der Waals surface area contributed by atoms with Crippen molar-refractivity contribution in [2.24, 2.45) is 0 Å². The molecule has 0 N–H and O–H groups in total. The zero-order chi connectivity index (χ0) is 14.2. The van der Waals surface area contributed by atoms with Crippen molar-refractivity contribution >= 4 is 17.7 Å². The van der Waals surface area contributed by atoms with E-state index in [-0.39, 0.29) is 5.97 Å². The minimum absolute atomic E-state index is 0.303. The van der Waals surface area contributed by atoms with Gasteiger partial charge >= 0.3 is 5.97 Å². The van der Waals surface area contributed by atoms with E-state index in [4.69, 9.17) is 4.74 Å². The molecular formula is C16H17NO2S. The fourth-order valence-electron chi connectivity index (χ4n) is 1.78. The number of aryl methyl sites for hydroxylation is 1. The van der Waals surface area contributed by atoms with E-state index in [0.717, 1.165) is 17.2 Å². The Hall–Kier alpha value is -1.81. The average Bonchev–Trinajstić information content (AvgIpc) is 2.49. The molecule has 0 aliphatic rings. The molecule has 0 unspecified atom stereocenters. The number of esters is 1. The van der Waals surface area contributed by atoms with Crippen LogP contribution in [-0.4, -0.2) is 23.3 Å². The van der Waals surface area contributed by atoms with E-state index < -0.39 is 0 Å². The van der Waals surface area contributed by atoms with E-state index in [1.165, 1.54) is 5.56 Å². The molecule has 0 saturated heterocycles. The number of nitrogens with zero attached hydrogens (tertiary/aromatic N) is 1. The highest BCUT2D eigenvalue weighted by molar-refractivity contribution is 7.99. The largest absolute Gasteiger partial charge is 0.462 e. The summed E-state index contributed by atoms with van der Waals surface area (Å²) in [4.78, 5) is 16.1. The first-order valence-electron chi connectivity index (χ1n) is 6.60. The van der Waals surface area contributed by atoms with Crippen molar-refractivity contribution in [3.05, 3.63) is 59.8 Å². The smallest absolute Gasteiger partial charge is 0.340 e. The number of pyridine rings is 1. The van der Waals surface area contributed by atoms with Crippen molar-refractivity contribution in [1.29, 1.82) is 0 Å². The van der Waals surface area contributed by atoms with Crippen molar-refractivity contribution < 1.29 is 9.53 Å². The van der Waals surface area contributed by atoms with Crippen LogP contribution in [0, 0.1) is 0 Å². The first-order chi connectivity index (χ1) is 9.81. The van der Waals surface area contributed by atoms with Crippen LogP contribution in [0.2, 0.25) is 0 Å². The van der Waals surface area contributed by atoms with Crippen molar-refractivity contribution in [1.82, 2.24) is 4.98 Å². The summed E-state index contributed by atoms with van der Waals surface area (Å²) in [5.74, 6) is 0.579. The van der Waals surface area contributed by atoms with Crippen LogP contribution >= 0.6 is 11.8 Å². The quantitative estimate of drug-likeness (QED) is 0.601. The molecule has 0 aliphatic carbocycles. The van der Waals surface area contributed by atoms with Gasteiger partial charge in [0, 0.05) is 11.9 Å². The Balaban J connectivity index is 1.97. The lowest BCUT2D eigenvalue weighted by molar-refractivity contribution is 0.0521. The summed E-state index contributed by atoms with van der Waals surface area (Å²) in [7, 11) is 0. The van der Waals surface area contributed by atoms with Crippen LogP contribution in [0.5, 0.6) is 0 Å². The van der Waals surface area contributed by atoms with Crippen molar-refractivity contribution in [3.63, 3.8) is 0 Å². The van der Waals surface area contributed by atoms with Crippen LogP contribution < -0.4 is 0 Å². The van der Waals surface area contributed by atoms with E-state index in [1.54, 1.807) is 37.0 Å². The lowest BCUT2D eigenvalue weighted by Gasteiger charge is -2.07. The molecule has 0 aliphatic heterocycles. The summed E-state index contributed by atoms with van der Waals surface area (Å²) in [5.41, 5.74) is 1.83. The Bertz CT molecular complexity index is 557. The minimum Gasteiger partial charge on any atom is -0.462 e.